The first-order valence-electron chi connectivity index (χ1n) is 6.70. The van der Waals surface area contributed by atoms with Crippen LogP contribution in [0.5, 0.6) is 0 Å². The molecule has 1 aromatic carbocycles. The molecule has 0 bridgehead atoms. The molecular formula is C15H19BrN4O. The van der Waals surface area contributed by atoms with Gasteiger partial charge in [0.2, 0.25) is 5.82 Å². The molecule has 1 aromatic heterocycles. The SMILES string of the molecule is CN(Cc1ccc(Br)cc1)C(=O)c1n[nH]c(C(C)(C)C)n1. The van der Waals surface area contributed by atoms with Gasteiger partial charge in [-0.2, -0.15) is 0 Å². The maximum absolute atomic E-state index is 12.3. The van der Waals surface area contributed by atoms with Gasteiger partial charge >= 0.3 is 0 Å². The monoisotopic (exact) mass is 350 g/mol. The number of rotatable bonds is 3. The van der Waals surface area contributed by atoms with Crippen molar-refractivity contribution in [1.82, 2.24) is 20.1 Å². The summed E-state index contributed by atoms with van der Waals surface area (Å²) in [5, 5.41) is 6.86. The molecule has 21 heavy (non-hydrogen) atoms. The van der Waals surface area contributed by atoms with Crippen LogP contribution in [0.15, 0.2) is 28.7 Å². The van der Waals surface area contributed by atoms with E-state index in [0.29, 0.717) is 12.4 Å². The number of carbonyl (C=O) groups excluding carboxylic acids is 1. The minimum Gasteiger partial charge on any atom is -0.335 e. The Morgan fingerprint density at radius 3 is 2.43 bits per heavy atom. The number of halogens is 1. The molecule has 112 valence electrons. The van der Waals surface area contributed by atoms with E-state index in [4.69, 9.17) is 0 Å². The minimum atomic E-state index is -0.190. The maximum Gasteiger partial charge on any atom is 0.293 e. The van der Waals surface area contributed by atoms with Crippen LogP contribution in [0.2, 0.25) is 0 Å². The van der Waals surface area contributed by atoms with Crippen molar-refractivity contribution in [3.8, 4) is 0 Å². The summed E-state index contributed by atoms with van der Waals surface area (Å²) in [7, 11) is 1.75. The van der Waals surface area contributed by atoms with Crippen LogP contribution in [0.4, 0.5) is 0 Å². The lowest BCUT2D eigenvalue weighted by Gasteiger charge is -2.15. The molecule has 6 heteroatoms. The van der Waals surface area contributed by atoms with E-state index in [1.807, 2.05) is 45.0 Å². The van der Waals surface area contributed by atoms with E-state index in [-0.39, 0.29) is 17.1 Å². The first-order valence-corrected chi connectivity index (χ1v) is 7.49. The summed E-state index contributed by atoms with van der Waals surface area (Å²) in [6.07, 6.45) is 0. The van der Waals surface area contributed by atoms with Crippen molar-refractivity contribution in [2.45, 2.75) is 32.7 Å². The zero-order valence-corrected chi connectivity index (χ0v) is 14.2. The van der Waals surface area contributed by atoms with Crippen LogP contribution in [-0.2, 0) is 12.0 Å². The smallest absolute Gasteiger partial charge is 0.293 e. The van der Waals surface area contributed by atoms with Gasteiger partial charge in [-0.3, -0.25) is 9.89 Å². The van der Waals surface area contributed by atoms with Crippen molar-refractivity contribution >= 4 is 21.8 Å². The van der Waals surface area contributed by atoms with Crippen LogP contribution < -0.4 is 0 Å². The van der Waals surface area contributed by atoms with E-state index in [2.05, 4.69) is 31.1 Å². The highest BCUT2D eigenvalue weighted by Gasteiger charge is 2.23. The highest BCUT2D eigenvalue weighted by molar-refractivity contribution is 9.10. The number of benzene rings is 1. The Kier molecular flexibility index (Phi) is 4.46. The van der Waals surface area contributed by atoms with Crippen LogP contribution in [0, 0.1) is 0 Å². The summed E-state index contributed by atoms with van der Waals surface area (Å²) in [4.78, 5) is 18.2. The van der Waals surface area contributed by atoms with Gasteiger partial charge in [0.05, 0.1) is 0 Å². The van der Waals surface area contributed by atoms with E-state index in [0.717, 1.165) is 10.0 Å². The third-order valence-electron chi connectivity index (χ3n) is 3.07. The molecule has 0 aliphatic rings. The molecule has 1 N–H and O–H groups in total. The molecule has 0 spiro atoms. The molecule has 0 fully saturated rings. The summed E-state index contributed by atoms with van der Waals surface area (Å²) in [5.74, 6) is 0.729. The number of nitrogens with one attached hydrogen (secondary N) is 1. The van der Waals surface area contributed by atoms with E-state index in [1.165, 1.54) is 0 Å². The Morgan fingerprint density at radius 2 is 1.90 bits per heavy atom. The van der Waals surface area contributed by atoms with Gasteiger partial charge in [0, 0.05) is 23.5 Å². The Morgan fingerprint density at radius 1 is 1.29 bits per heavy atom. The first-order chi connectivity index (χ1) is 9.77. The summed E-state index contributed by atoms with van der Waals surface area (Å²) in [6, 6.07) is 7.87. The summed E-state index contributed by atoms with van der Waals surface area (Å²) < 4.78 is 1.02. The van der Waals surface area contributed by atoms with Crippen LogP contribution in [0.25, 0.3) is 0 Å². The van der Waals surface area contributed by atoms with Gasteiger partial charge in [-0.15, -0.1) is 5.10 Å². The third kappa shape index (κ3) is 3.91. The highest BCUT2D eigenvalue weighted by atomic mass is 79.9. The number of aromatic nitrogens is 3. The number of nitrogens with zero attached hydrogens (tertiary/aromatic N) is 3. The molecule has 0 saturated carbocycles. The second-order valence-electron chi connectivity index (χ2n) is 6.05. The molecule has 5 nitrogen and oxygen atoms in total. The van der Waals surface area contributed by atoms with Crippen molar-refractivity contribution in [3.63, 3.8) is 0 Å². The molecule has 0 radical (unpaired) electrons. The molecule has 1 amide bonds. The van der Waals surface area contributed by atoms with Gasteiger partial charge in [-0.05, 0) is 17.7 Å². The van der Waals surface area contributed by atoms with Gasteiger partial charge < -0.3 is 4.90 Å². The largest absolute Gasteiger partial charge is 0.335 e. The number of amides is 1. The lowest BCUT2D eigenvalue weighted by atomic mass is 9.96. The van der Waals surface area contributed by atoms with E-state index in [1.54, 1.807) is 11.9 Å². The topological polar surface area (TPSA) is 61.9 Å². The van der Waals surface area contributed by atoms with Gasteiger partial charge in [0.15, 0.2) is 0 Å². The van der Waals surface area contributed by atoms with E-state index >= 15 is 0 Å². The molecule has 0 saturated heterocycles. The third-order valence-corrected chi connectivity index (χ3v) is 3.60. The summed E-state index contributed by atoms with van der Waals surface area (Å²) in [6.45, 7) is 6.58. The lowest BCUT2D eigenvalue weighted by molar-refractivity contribution is 0.0773. The van der Waals surface area contributed by atoms with Crippen molar-refractivity contribution in [2.24, 2.45) is 0 Å². The Balaban J connectivity index is 2.08. The van der Waals surface area contributed by atoms with Crippen LogP contribution in [0.3, 0.4) is 0 Å². The average molecular weight is 351 g/mol. The predicted molar refractivity (Wildman–Crippen MR) is 85.0 cm³/mol. The van der Waals surface area contributed by atoms with Crippen molar-refractivity contribution < 1.29 is 4.79 Å². The van der Waals surface area contributed by atoms with Gasteiger partial charge in [0.25, 0.3) is 5.91 Å². The average Bonchev–Trinajstić information content (AvgIpc) is 2.90. The van der Waals surface area contributed by atoms with Gasteiger partial charge in [0.1, 0.15) is 5.82 Å². The van der Waals surface area contributed by atoms with Crippen molar-refractivity contribution in [1.29, 1.82) is 0 Å². The standard InChI is InChI=1S/C15H19BrN4O/c1-15(2,3)14-17-12(18-19-14)13(21)20(4)9-10-5-7-11(16)8-6-10/h5-8H,9H2,1-4H3,(H,17,18,19). The first kappa shape index (κ1) is 15.7. The number of aromatic amines is 1. The Bertz CT molecular complexity index is 628. The number of carbonyl (C=O) groups is 1. The van der Waals surface area contributed by atoms with Crippen molar-refractivity contribution in [3.05, 3.63) is 46.0 Å². The highest BCUT2D eigenvalue weighted by Crippen LogP contribution is 2.18. The van der Waals surface area contributed by atoms with Crippen LogP contribution >= 0.6 is 15.9 Å². The van der Waals surface area contributed by atoms with Crippen LogP contribution in [-0.4, -0.2) is 33.0 Å². The fourth-order valence-corrected chi connectivity index (χ4v) is 2.06. The molecule has 1 heterocycles. The van der Waals surface area contributed by atoms with Gasteiger partial charge in [-0.1, -0.05) is 48.8 Å². The van der Waals surface area contributed by atoms with E-state index < -0.39 is 0 Å². The maximum atomic E-state index is 12.3. The Labute approximate surface area is 132 Å². The van der Waals surface area contributed by atoms with Crippen LogP contribution in [0.1, 0.15) is 42.8 Å². The molecule has 2 rings (SSSR count). The number of hydrogen-bond donors (Lipinski definition) is 1. The quantitative estimate of drug-likeness (QED) is 0.924. The van der Waals surface area contributed by atoms with Gasteiger partial charge in [-0.25, -0.2) is 4.98 Å². The zero-order chi connectivity index (χ0) is 15.6. The molecular weight excluding hydrogens is 332 g/mol. The molecule has 0 aliphatic heterocycles. The number of hydrogen-bond acceptors (Lipinski definition) is 3. The molecule has 0 aliphatic carbocycles. The fourth-order valence-electron chi connectivity index (χ4n) is 1.80. The minimum absolute atomic E-state index is 0.157. The summed E-state index contributed by atoms with van der Waals surface area (Å²) in [5.41, 5.74) is 0.899. The predicted octanol–water partition coefficient (Wildman–Crippen LogP) is 3.14. The second kappa shape index (κ2) is 5.97. The molecule has 0 unspecified atom stereocenters. The zero-order valence-electron chi connectivity index (χ0n) is 12.6. The normalized spacial score (nSPS) is 11.5. The van der Waals surface area contributed by atoms with Crippen molar-refractivity contribution in [2.75, 3.05) is 7.05 Å². The number of H-pyrrole nitrogens is 1. The fraction of sp³-hybridized carbons (Fsp3) is 0.400. The Hall–Kier alpha value is -1.69. The lowest BCUT2D eigenvalue weighted by Crippen LogP contribution is -2.27. The molecule has 2 aromatic rings. The summed E-state index contributed by atoms with van der Waals surface area (Å²) >= 11 is 3.39. The van der Waals surface area contributed by atoms with E-state index in [9.17, 15) is 4.79 Å². The molecule has 0 atom stereocenters. The second-order valence-corrected chi connectivity index (χ2v) is 6.96.